The van der Waals surface area contributed by atoms with Gasteiger partial charge in [-0.05, 0) is 37.0 Å². The van der Waals surface area contributed by atoms with Crippen LogP contribution in [0.15, 0.2) is 66.2 Å². The van der Waals surface area contributed by atoms with Gasteiger partial charge in [0.15, 0.2) is 0 Å². The molecule has 1 unspecified atom stereocenters. The van der Waals surface area contributed by atoms with Gasteiger partial charge in [0.25, 0.3) is 5.91 Å². The van der Waals surface area contributed by atoms with E-state index in [-0.39, 0.29) is 18.1 Å². The van der Waals surface area contributed by atoms with Crippen molar-refractivity contribution in [3.63, 3.8) is 0 Å². The van der Waals surface area contributed by atoms with Gasteiger partial charge >= 0.3 is 0 Å². The number of benzene rings is 2. The number of amides is 3. The number of nitrogens with two attached hydrogens (primary N) is 1. The first-order valence-electron chi connectivity index (χ1n) is 11.6. The number of phenolic OH excluding ortho intramolecular Hbond substituents is 1. The van der Waals surface area contributed by atoms with Crippen LogP contribution in [0.3, 0.4) is 0 Å². The number of aromatic hydroxyl groups is 1. The smallest absolute Gasteiger partial charge is 0.272 e. The van der Waals surface area contributed by atoms with Gasteiger partial charge in [-0.1, -0.05) is 50.3 Å². The molecule has 184 valence electrons. The minimum atomic E-state index is -1.23. The van der Waals surface area contributed by atoms with Crippen LogP contribution < -0.4 is 16.0 Å². The number of phenols is 1. The van der Waals surface area contributed by atoms with Gasteiger partial charge in [0, 0.05) is 18.2 Å². The van der Waals surface area contributed by atoms with Crippen LogP contribution >= 0.6 is 0 Å². The number of anilines is 1. The molecule has 0 spiro atoms. The van der Waals surface area contributed by atoms with Crippen molar-refractivity contribution in [2.24, 2.45) is 28.5 Å². The molecule has 2 aromatic rings. The Kier molecular flexibility index (Phi) is 8.06. The summed E-state index contributed by atoms with van der Waals surface area (Å²) in [6.07, 6.45) is 0.995. The van der Waals surface area contributed by atoms with Crippen molar-refractivity contribution in [2.75, 3.05) is 11.9 Å². The summed E-state index contributed by atoms with van der Waals surface area (Å²) in [7, 11) is 1.59. The maximum absolute atomic E-state index is 13.5. The molecule has 0 aromatic heterocycles. The van der Waals surface area contributed by atoms with E-state index < -0.39 is 35.7 Å². The highest BCUT2D eigenvalue weighted by Gasteiger charge is 2.36. The number of carbonyl (C=O) groups excluding carboxylic acids is 3. The number of hydrogen-bond donors (Lipinski definition) is 3. The molecule has 3 atom stereocenters. The number of carbonyl (C=O) groups is 3. The van der Waals surface area contributed by atoms with E-state index in [0.717, 1.165) is 5.56 Å². The van der Waals surface area contributed by atoms with Crippen molar-refractivity contribution < 1.29 is 19.5 Å². The largest absolute Gasteiger partial charge is 0.508 e. The Morgan fingerprint density at radius 2 is 1.89 bits per heavy atom. The summed E-state index contributed by atoms with van der Waals surface area (Å²) in [5, 5.41) is 12.9. The Morgan fingerprint density at radius 1 is 1.20 bits per heavy atom. The zero-order chi connectivity index (χ0) is 25.7. The summed E-state index contributed by atoms with van der Waals surface area (Å²) in [5.74, 6) is -2.86. The van der Waals surface area contributed by atoms with Crippen LogP contribution in [0.25, 0.3) is 0 Å². The number of benzodiazepines with no additional fused rings is 1. The number of allylic oxidation sites excluding steroid dienone is 1. The fraction of sp³-hybridized carbons (Fsp3) is 0.333. The normalized spacial score (nSPS) is 17.1. The third kappa shape index (κ3) is 5.77. The summed E-state index contributed by atoms with van der Waals surface area (Å²) in [6.45, 7) is 7.58. The topological polar surface area (TPSA) is 125 Å². The van der Waals surface area contributed by atoms with Gasteiger partial charge in [-0.15, -0.1) is 6.58 Å². The van der Waals surface area contributed by atoms with E-state index in [0.29, 0.717) is 23.4 Å². The predicted octanol–water partition coefficient (Wildman–Crippen LogP) is 2.99. The van der Waals surface area contributed by atoms with E-state index in [1.165, 1.54) is 11.0 Å². The molecule has 1 heterocycles. The molecule has 8 heteroatoms. The molecule has 8 nitrogen and oxygen atoms in total. The number of primary amides is 1. The molecule has 1 aliphatic heterocycles. The lowest BCUT2D eigenvalue weighted by molar-refractivity contribution is -0.135. The molecule has 0 aliphatic carbocycles. The van der Waals surface area contributed by atoms with Crippen LogP contribution in [0.2, 0.25) is 0 Å². The highest BCUT2D eigenvalue weighted by molar-refractivity contribution is 6.20. The van der Waals surface area contributed by atoms with Crippen molar-refractivity contribution in [1.82, 2.24) is 5.32 Å². The first kappa shape index (κ1) is 25.7. The molecule has 3 rings (SSSR count). The van der Waals surface area contributed by atoms with Crippen molar-refractivity contribution in [1.29, 1.82) is 0 Å². The van der Waals surface area contributed by atoms with Gasteiger partial charge in [0.1, 0.15) is 5.75 Å². The zero-order valence-electron chi connectivity index (χ0n) is 20.3. The molecular weight excluding hydrogens is 444 g/mol. The third-order valence-corrected chi connectivity index (χ3v) is 6.08. The first-order valence-corrected chi connectivity index (χ1v) is 11.6. The van der Waals surface area contributed by atoms with Crippen LogP contribution in [0.5, 0.6) is 5.75 Å². The maximum Gasteiger partial charge on any atom is 0.272 e. The number of likely N-dealkylation sites (N-methyl/N-ethyl adjacent to an activating group) is 1. The number of nitrogens with zero attached hydrogens (tertiary/aromatic N) is 2. The molecule has 4 N–H and O–H groups in total. The van der Waals surface area contributed by atoms with Gasteiger partial charge in [0.05, 0.1) is 23.2 Å². The van der Waals surface area contributed by atoms with E-state index in [1.807, 2.05) is 44.2 Å². The van der Waals surface area contributed by atoms with Gasteiger partial charge < -0.3 is 21.1 Å². The van der Waals surface area contributed by atoms with Gasteiger partial charge in [-0.25, -0.2) is 4.99 Å². The highest BCUT2D eigenvalue weighted by Crippen LogP contribution is 2.31. The monoisotopic (exact) mass is 476 g/mol. The SMILES string of the molecule is C=CC[C@H](C(N)=O)[C@@H](CC(C)C)C(=O)NC1N=C(c2ccccc2)c2cc(O)ccc2N(C)C1=O. The number of nitrogens with one attached hydrogen (secondary N) is 1. The Hall–Kier alpha value is -3.94. The molecule has 0 saturated heterocycles. The second-order valence-corrected chi connectivity index (χ2v) is 9.12. The van der Waals surface area contributed by atoms with Gasteiger partial charge in [-0.3, -0.25) is 14.4 Å². The maximum atomic E-state index is 13.5. The molecule has 35 heavy (non-hydrogen) atoms. The standard InChI is InChI=1S/C27H32N4O4/c1-5-9-19(24(28)33)20(14-16(2)3)26(34)30-25-27(35)31(4)22-13-12-18(32)15-21(22)23(29-25)17-10-7-6-8-11-17/h5-8,10-13,15-16,19-20,25,32H,1,9,14H2,2-4H3,(H2,28,33)(H,30,34)/t19-,20+,25?/m0/s1. The van der Waals surface area contributed by atoms with Crippen molar-refractivity contribution in [2.45, 2.75) is 32.9 Å². The first-order chi connectivity index (χ1) is 16.6. The van der Waals surface area contributed by atoms with E-state index >= 15 is 0 Å². The number of rotatable bonds is 9. The van der Waals surface area contributed by atoms with Crippen LogP contribution in [0.1, 0.15) is 37.8 Å². The third-order valence-electron chi connectivity index (χ3n) is 6.08. The summed E-state index contributed by atoms with van der Waals surface area (Å²) >= 11 is 0. The van der Waals surface area contributed by atoms with Gasteiger partial charge in [-0.2, -0.15) is 0 Å². The summed E-state index contributed by atoms with van der Waals surface area (Å²) in [6, 6.07) is 13.9. The average molecular weight is 477 g/mol. The Labute approximate surface area is 205 Å². The quantitative estimate of drug-likeness (QED) is 0.481. The molecule has 3 amide bonds. The molecule has 0 saturated carbocycles. The fourth-order valence-electron chi connectivity index (χ4n) is 4.34. The molecule has 0 radical (unpaired) electrons. The number of hydrogen-bond acceptors (Lipinski definition) is 5. The van der Waals surface area contributed by atoms with Crippen molar-refractivity contribution in [3.05, 3.63) is 72.3 Å². The lowest BCUT2D eigenvalue weighted by Gasteiger charge is -2.27. The Balaban J connectivity index is 2.06. The Morgan fingerprint density at radius 3 is 2.49 bits per heavy atom. The molecule has 1 aliphatic rings. The lowest BCUT2D eigenvalue weighted by atomic mass is 9.82. The second kappa shape index (κ2) is 11.0. The zero-order valence-corrected chi connectivity index (χ0v) is 20.3. The van der Waals surface area contributed by atoms with Crippen LogP contribution in [-0.4, -0.2) is 41.8 Å². The minimum absolute atomic E-state index is 0.0291. The average Bonchev–Trinajstić information content (AvgIpc) is 2.91. The minimum Gasteiger partial charge on any atom is -0.508 e. The molecular formula is C27H32N4O4. The summed E-state index contributed by atoms with van der Waals surface area (Å²) in [5.41, 5.74) is 7.91. The van der Waals surface area contributed by atoms with E-state index in [9.17, 15) is 19.5 Å². The molecule has 0 fully saturated rings. The van der Waals surface area contributed by atoms with Gasteiger partial charge in [0.2, 0.25) is 18.0 Å². The van der Waals surface area contributed by atoms with Crippen LogP contribution in [-0.2, 0) is 14.4 Å². The number of fused-ring (bicyclic) bond motifs is 1. The number of aliphatic imine (C=N–C) groups is 1. The second-order valence-electron chi connectivity index (χ2n) is 9.12. The lowest BCUT2D eigenvalue weighted by Crippen LogP contribution is -2.50. The van der Waals surface area contributed by atoms with Crippen LogP contribution in [0.4, 0.5) is 5.69 Å². The molecule has 2 aromatic carbocycles. The summed E-state index contributed by atoms with van der Waals surface area (Å²) < 4.78 is 0. The predicted molar refractivity (Wildman–Crippen MR) is 136 cm³/mol. The van der Waals surface area contributed by atoms with Crippen molar-refractivity contribution in [3.8, 4) is 5.75 Å². The summed E-state index contributed by atoms with van der Waals surface area (Å²) in [4.78, 5) is 45.1. The van der Waals surface area contributed by atoms with Crippen molar-refractivity contribution >= 4 is 29.1 Å². The van der Waals surface area contributed by atoms with E-state index in [4.69, 9.17) is 5.73 Å². The Bertz CT molecular complexity index is 1140. The fourth-order valence-corrected chi connectivity index (χ4v) is 4.34. The highest BCUT2D eigenvalue weighted by atomic mass is 16.3. The molecule has 0 bridgehead atoms. The van der Waals surface area contributed by atoms with E-state index in [1.54, 1.807) is 25.3 Å². The van der Waals surface area contributed by atoms with E-state index in [2.05, 4.69) is 16.9 Å². The van der Waals surface area contributed by atoms with Crippen LogP contribution in [0, 0.1) is 17.8 Å².